The van der Waals surface area contributed by atoms with E-state index < -0.39 is 6.09 Å². The predicted molar refractivity (Wildman–Crippen MR) is 101 cm³/mol. The molecule has 2 rings (SSSR count). The van der Waals surface area contributed by atoms with Crippen LogP contribution in [0.4, 0.5) is 4.79 Å². The topological polar surface area (TPSA) is 73.9 Å². The predicted octanol–water partition coefficient (Wildman–Crippen LogP) is 3.18. The molecular weight excluding hydrogens is 346 g/mol. The SMILES string of the molecule is COc1cc(C=O)cc(C#CCCNC(=O)OCc2ccccc2)c1OC. The maximum absolute atomic E-state index is 11.7. The molecule has 0 spiro atoms. The number of benzene rings is 2. The number of alkyl carbamates (subject to hydrolysis) is 1. The Hall–Kier alpha value is -3.46. The van der Waals surface area contributed by atoms with E-state index in [4.69, 9.17) is 14.2 Å². The van der Waals surface area contributed by atoms with Gasteiger partial charge in [0.2, 0.25) is 0 Å². The van der Waals surface area contributed by atoms with Gasteiger partial charge in [0, 0.05) is 18.5 Å². The lowest BCUT2D eigenvalue weighted by molar-refractivity contribution is 0.112. The average molecular weight is 367 g/mol. The molecular formula is C21H21NO5. The Kier molecular flexibility index (Phi) is 7.73. The fourth-order valence-corrected chi connectivity index (χ4v) is 2.31. The Bertz CT molecular complexity index is 837. The maximum Gasteiger partial charge on any atom is 0.407 e. The Morgan fingerprint density at radius 3 is 2.59 bits per heavy atom. The van der Waals surface area contributed by atoms with Crippen molar-refractivity contribution in [3.8, 4) is 23.3 Å². The lowest BCUT2D eigenvalue weighted by atomic mass is 10.1. The summed E-state index contributed by atoms with van der Waals surface area (Å²) in [6.45, 7) is 0.557. The molecule has 0 aliphatic rings. The zero-order valence-electron chi connectivity index (χ0n) is 15.3. The molecule has 2 aromatic rings. The third kappa shape index (κ3) is 6.08. The smallest absolute Gasteiger partial charge is 0.407 e. The molecule has 2 aromatic carbocycles. The zero-order valence-corrected chi connectivity index (χ0v) is 15.3. The van der Waals surface area contributed by atoms with E-state index in [1.54, 1.807) is 12.1 Å². The molecule has 0 aliphatic heterocycles. The van der Waals surface area contributed by atoms with Gasteiger partial charge in [0.1, 0.15) is 12.9 Å². The van der Waals surface area contributed by atoms with Crippen LogP contribution in [-0.4, -0.2) is 33.1 Å². The van der Waals surface area contributed by atoms with Crippen LogP contribution < -0.4 is 14.8 Å². The summed E-state index contributed by atoms with van der Waals surface area (Å²) in [5, 5.41) is 2.64. The zero-order chi connectivity index (χ0) is 19.5. The van der Waals surface area contributed by atoms with Gasteiger partial charge in [0.05, 0.1) is 19.8 Å². The van der Waals surface area contributed by atoms with Crippen LogP contribution >= 0.6 is 0 Å². The molecule has 6 nitrogen and oxygen atoms in total. The molecule has 6 heteroatoms. The second kappa shape index (κ2) is 10.5. The van der Waals surface area contributed by atoms with Crippen molar-refractivity contribution in [2.75, 3.05) is 20.8 Å². The van der Waals surface area contributed by atoms with Crippen LogP contribution in [0.25, 0.3) is 0 Å². The number of hydrogen-bond donors (Lipinski definition) is 1. The number of aldehydes is 1. The monoisotopic (exact) mass is 367 g/mol. The molecule has 1 amide bonds. The Balaban J connectivity index is 1.86. The van der Waals surface area contributed by atoms with Gasteiger partial charge in [-0.1, -0.05) is 42.2 Å². The van der Waals surface area contributed by atoms with Gasteiger partial charge in [-0.3, -0.25) is 4.79 Å². The van der Waals surface area contributed by atoms with Gasteiger partial charge in [-0.15, -0.1) is 0 Å². The largest absolute Gasteiger partial charge is 0.493 e. The first-order valence-corrected chi connectivity index (χ1v) is 8.32. The van der Waals surface area contributed by atoms with E-state index in [1.165, 1.54) is 14.2 Å². The van der Waals surface area contributed by atoms with Gasteiger partial charge in [0.15, 0.2) is 11.5 Å². The molecule has 0 heterocycles. The number of carbonyl (C=O) groups excluding carboxylic acids is 2. The van der Waals surface area contributed by atoms with Crippen LogP contribution in [0.1, 0.15) is 27.9 Å². The van der Waals surface area contributed by atoms with Crippen molar-refractivity contribution >= 4 is 12.4 Å². The quantitative estimate of drug-likeness (QED) is 0.462. The summed E-state index contributed by atoms with van der Waals surface area (Å²) in [6, 6.07) is 12.6. The molecule has 140 valence electrons. The summed E-state index contributed by atoms with van der Waals surface area (Å²) in [5.41, 5.74) is 1.91. The van der Waals surface area contributed by atoms with Gasteiger partial charge in [0.25, 0.3) is 0 Å². The van der Waals surface area contributed by atoms with Crippen molar-refractivity contribution in [2.45, 2.75) is 13.0 Å². The molecule has 0 aromatic heterocycles. The summed E-state index contributed by atoms with van der Waals surface area (Å²) in [5.74, 6) is 6.78. The van der Waals surface area contributed by atoms with E-state index in [1.807, 2.05) is 30.3 Å². The second-order valence-electron chi connectivity index (χ2n) is 5.46. The lowest BCUT2D eigenvalue weighted by Crippen LogP contribution is -2.24. The molecule has 0 atom stereocenters. The lowest BCUT2D eigenvalue weighted by Gasteiger charge is -2.10. The third-order valence-electron chi connectivity index (χ3n) is 3.59. The summed E-state index contributed by atoms with van der Waals surface area (Å²) >= 11 is 0. The van der Waals surface area contributed by atoms with E-state index in [2.05, 4.69) is 17.2 Å². The Morgan fingerprint density at radius 1 is 1.15 bits per heavy atom. The number of nitrogens with one attached hydrogen (secondary N) is 1. The standard InChI is InChI=1S/C21H21NO5/c1-25-19-13-17(14-23)12-18(20(19)26-2)10-6-7-11-22-21(24)27-15-16-8-4-3-5-9-16/h3-5,8-9,12-14H,7,11,15H2,1-2H3,(H,22,24). The number of methoxy groups -OCH3 is 2. The maximum atomic E-state index is 11.7. The van der Waals surface area contributed by atoms with E-state index in [9.17, 15) is 9.59 Å². The minimum absolute atomic E-state index is 0.216. The summed E-state index contributed by atoms with van der Waals surface area (Å²) in [4.78, 5) is 22.7. The van der Waals surface area contributed by atoms with Gasteiger partial charge < -0.3 is 19.5 Å². The molecule has 0 aliphatic carbocycles. The van der Waals surface area contributed by atoms with Crippen LogP contribution in [0.15, 0.2) is 42.5 Å². The van der Waals surface area contributed by atoms with Crippen LogP contribution in [-0.2, 0) is 11.3 Å². The fraction of sp³-hybridized carbons (Fsp3) is 0.238. The summed E-state index contributed by atoms with van der Waals surface area (Å²) in [6.07, 6.45) is 0.636. The van der Waals surface area contributed by atoms with E-state index in [-0.39, 0.29) is 6.61 Å². The van der Waals surface area contributed by atoms with Gasteiger partial charge in [-0.25, -0.2) is 4.79 Å². The first kappa shape index (κ1) is 19.9. The van der Waals surface area contributed by atoms with Gasteiger partial charge in [-0.05, 0) is 17.7 Å². The molecule has 0 bridgehead atoms. The normalized spacial score (nSPS) is 9.56. The number of rotatable bonds is 7. The molecule has 0 saturated carbocycles. The van der Waals surface area contributed by atoms with Crippen LogP contribution in [0.2, 0.25) is 0 Å². The molecule has 0 fully saturated rings. The Labute approximate surface area is 158 Å². The van der Waals surface area contributed by atoms with E-state index >= 15 is 0 Å². The molecule has 1 N–H and O–H groups in total. The molecule has 0 unspecified atom stereocenters. The van der Waals surface area contributed by atoms with Crippen molar-refractivity contribution < 1.29 is 23.8 Å². The summed E-state index contributed by atoms with van der Waals surface area (Å²) in [7, 11) is 3.00. The average Bonchev–Trinajstić information content (AvgIpc) is 2.71. The summed E-state index contributed by atoms with van der Waals surface area (Å²) < 4.78 is 15.6. The first-order valence-electron chi connectivity index (χ1n) is 8.32. The minimum Gasteiger partial charge on any atom is -0.493 e. The number of hydrogen-bond acceptors (Lipinski definition) is 5. The van der Waals surface area contributed by atoms with Crippen LogP contribution in [0.5, 0.6) is 11.5 Å². The first-order chi connectivity index (χ1) is 13.2. The van der Waals surface area contributed by atoms with Crippen LogP contribution in [0, 0.1) is 11.8 Å². The second-order valence-corrected chi connectivity index (χ2v) is 5.46. The number of carbonyl (C=O) groups is 2. The highest BCUT2D eigenvalue weighted by Crippen LogP contribution is 2.31. The van der Waals surface area contributed by atoms with Crippen molar-refractivity contribution in [1.29, 1.82) is 0 Å². The van der Waals surface area contributed by atoms with E-state index in [0.717, 1.165) is 11.8 Å². The highest BCUT2D eigenvalue weighted by molar-refractivity contribution is 5.78. The number of ether oxygens (including phenoxy) is 3. The van der Waals surface area contributed by atoms with Crippen molar-refractivity contribution in [3.05, 3.63) is 59.2 Å². The molecule has 0 radical (unpaired) electrons. The Morgan fingerprint density at radius 2 is 1.93 bits per heavy atom. The van der Waals surface area contributed by atoms with Crippen molar-refractivity contribution in [1.82, 2.24) is 5.32 Å². The third-order valence-corrected chi connectivity index (χ3v) is 3.59. The molecule has 0 saturated heterocycles. The highest BCUT2D eigenvalue weighted by atomic mass is 16.5. The minimum atomic E-state index is -0.497. The van der Waals surface area contributed by atoms with Crippen molar-refractivity contribution in [3.63, 3.8) is 0 Å². The highest BCUT2D eigenvalue weighted by Gasteiger charge is 2.10. The molecule has 27 heavy (non-hydrogen) atoms. The fourth-order valence-electron chi connectivity index (χ4n) is 2.31. The van der Waals surface area contributed by atoms with Crippen LogP contribution in [0.3, 0.4) is 0 Å². The van der Waals surface area contributed by atoms with E-state index in [0.29, 0.717) is 35.6 Å². The van der Waals surface area contributed by atoms with Crippen molar-refractivity contribution in [2.24, 2.45) is 0 Å². The van der Waals surface area contributed by atoms with Gasteiger partial charge >= 0.3 is 6.09 Å². The van der Waals surface area contributed by atoms with Gasteiger partial charge in [-0.2, -0.15) is 0 Å². The number of amides is 1.